The molecule has 42 heavy (non-hydrogen) atoms. The van der Waals surface area contributed by atoms with Gasteiger partial charge in [-0.3, -0.25) is 4.57 Å². The molecule has 0 saturated carbocycles. The second-order valence-electron chi connectivity index (χ2n) is 11.4. The van der Waals surface area contributed by atoms with E-state index in [1.54, 1.807) is 0 Å². The van der Waals surface area contributed by atoms with Gasteiger partial charge in [0.1, 0.15) is 0 Å². The highest BCUT2D eigenvalue weighted by molar-refractivity contribution is 6.36. The van der Waals surface area contributed by atoms with Gasteiger partial charge in [0.2, 0.25) is 5.95 Å². The number of hydrogen-bond acceptors (Lipinski definition) is 2. The molecular weight excluding hydrogens is 512 g/mol. The first-order valence-corrected chi connectivity index (χ1v) is 14.5. The minimum Gasteiger partial charge on any atom is -0.342 e. The Morgan fingerprint density at radius 2 is 1.14 bits per heavy atom. The van der Waals surface area contributed by atoms with Gasteiger partial charge in [0, 0.05) is 45.1 Å². The van der Waals surface area contributed by atoms with Crippen molar-refractivity contribution in [3.8, 4) is 17.2 Å². The summed E-state index contributed by atoms with van der Waals surface area (Å²) in [4.78, 5) is 10.7. The molecule has 0 bridgehead atoms. The van der Waals surface area contributed by atoms with Gasteiger partial charge < -0.3 is 4.57 Å². The van der Waals surface area contributed by atoms with E-state index in [0.717, 1.165) is 28.7 Å². The van der Waals surface area contributed by atoms with Crippen molar-refractivity contribution in [3.63, 3.8) is 0 Å². The second-order valence-corrected chi connectivity index (χ2v) is 11.4. The Bertz CT molecular complexity index is 2620. The van der Waals surface area contributed by atoms with E-state index in [1.807, 2.05) is 0 Å². The molecule has 3 aromatic heterocycles. The van der Waals surface area contributed by atoms with E-state index < -0.39 is 0 Å². The molecule has 0 amide bonds. The van der Waals surface area contributed by atoms with Crippen molar-refractivity contribution >= 4 is 65.3 Å². The quantitative estimate of drug-likeness (QED) is 0.210. The molecule has 1 aliphatic rings. The van der Waals surface area contributed by atoms with Gasteiger partial charge in [-0.05, 0) is 46.5 Å². The van der Waals surface area contributed by atoms with E-state index in [0.29, 0.717) is 5.95 Å². The van der Waals surface area contributed by atoms with Crippen LogP contribution in [-0.4, -0.2) is 19.1 Å². The average molecular weight is 537 g/mol. The van der Waals surface area contributed by atoms with Crippen LogP contribution in [0.25, 0.3) is 82.5 Å². The highest BCUT2D eigenvalue weighted by atomic mass is 15.2. The lowest BCUT2D eigenvalue weighted by Crippen LogP contribution is -2.08. The van der Waals surface area contributed by atoms with Crippen LogP contribution in [0.5, 0.6) is 0 Å². The first-order valence-electron chi connectivity index (χ1n) is 14.5. The zero-order chi connectivity index (χ0) is 27.5. The van der Waals surface area contributed by atoms with E-state index in [-0.39, 0.29) is 0 Å². The summed E-state index contributed by atoms with van der Waals surface area (Å²) in [5, 5.41) is 8.68. The Morgan fingerprint density at radius 3 is 1.95 bits per heavy atom. The smallest absolute Gasteiger partial charge is 0.235 e. The van der Waals surface area contributed by atoms with E-state index >= 15 is 0 Å². The van der Waals surface area contributed by atoms with Crippen LogP contribution >= 0.6 is 0 Å². The standard InChI is InChI=1S/C38H24N4/c1-41-30-19-8-6-16-27(30)33-25-14-4-5-15-26(25)34-28-17-7-9-20-31(28)42(37(34)36(33)41)38-39-29-18-10-12-23-21-22-11-2-3-13-24(22)35(40-38)32(23)29/h2-20H,21H2,1H3. The van der Waals surface area contributed by atoms with Gasteiger partial charge in [-0.25, -0.2) is 9.97 Å². The summed E-state index contributed by atoms with van der Waals surface area (Å²) < 4.78 is 4.67. The average Bonchev–Trinajstić information content (AvgIpc) is 3.54. The number of hydrogen-bond donors (Lipinski definition) is 0. The van der Waals surface area contributed by atoms with Crippen LogP contribution in [-0.2, 0) is 13.5 Å². The number of fused-ring (bicyclic) bond motifs is 12. The van der Waals surface area contributed by atoms with Crippen molar-refractivity contribution in [2.75, 3.05) is 0 Å². The maximum atomic E-state index is 5.43. The molecule has 0 saturated heterocycles. The number of rotatable bonds is 1. The fourth-order valence-corrected chi connectivity index (χ4v) is 7.60. The first kappa shape index (κ1) is 22.2. The third kappa shape index (κ3) is 2.67. The van der Waals surface area contributed by atoms with Crippen molar-refractivity contribution in [1.82, 2.24) is 19.1 Å². The van der Waals surface area contributed by atoms with E-state index in [2.05, 4.69) is 131 Å². The molecule has 0 aliphatic heterocycles. The van der Waals surface area contributed by atoms with Crippen LogP contribution in [0.1, 0.15) is 11.1 Å². The Hall–Kier alpha value is -5.48. The monoisotopic (exact) mass is 536 g/mol. The maximum Gasteiger partial charge on any atom is 0.235 e. The lowest BCUT2D eigenvalue weighted by Gasteiger charge is -2.20. The summed E-state index contributed by atoms with van der Waals surface area (Å²) in [5.74, 6) is 0.708. The molecule has 0 unspecified atom stereocenters. The van der Waals surface area contributed by atoms with Gasteiger partial charge >= 0.3 is 0 Å². The summed E-state index contributed by atoms with van der Waals surface area (Å²) in [6.07, 6.45) is 0.904. The van der Waals surface area contributed by atoms with Crippen LogP contribution in [0.15, 0.2) is 115 Å². The van der Waals surface area contributed by atoms with Crippen LogP contribution in [0, 0.1) is 0 Å². The molecule has 6 aromatic carbocycles. The fraction of sp³-hybridized carbons (Fsp3) is 0.0526. The molecule has 1 aliphatic carbocycles. The summed E-state index contributed by atoms with van der Waals surface area (Å²) in [7, 11) is 2.19. The SMILES string of the molecule is Cn1c2ccccc2c2c3ccccc3c3c4ccccc4n(-c4nc5c6c(cccc6n4)Cc4ccccc4-5)c3c21. The molecule has 9 aromatic rings. The van der Waals surface area contributed by atoms with Gasteiger partial charge in [-0.2, -0.15) is 0 Å². The van der Waals surface area contributed by atoms with Gasteiger partial charge in [0.15, 0.2) is 0 Å². The number of aromatic nitrogens is 4. The molecular formula is C38H24N4. The molecule has 0 atom stereocenters. The van der Waals surface area contributed by atoms with Crippen molar-refractivity contribution in [2.45, 2.75) is 6.42 Å². The highest BCUT2D eigenvalue weighted by Gasteiger charge is 2.26. The third-order valence-electron chi connectivity index (χ3n) is 9.32. The van der Waals surface area contributed by atoms with Crippen molar-refractivity contribution in [2.24, 2.45) is 7.05 Å². The molecule has 0 N–H and O–H groups in total. The molecule has 4 heteroatoms. The topological polar surface area (TPSA) is 35.6 Å². The first-order chi connectivity index (χ1) is 20.8. The number of nitrogens with zero attached hydrogens (tertiary/aromatic N) is 4. The van der Waals surface area contributed by atoms with Crippen LogP contribution in [0.4, 0.5) is 0 Å². The molecule has 0 fully saturated rings. The van der Waals surface area contributed by atoms with E-state index in [4.69, 9.17) is 9.97 Å². The Morgan fingerprint density at radius 1 is 0.524 bits per heavy atom. The molecule has 10 rings (SSSR count). The molecule has 4 nitrogen and oxygen atoms in total. The van der Waals surface area contributed by atoms with Crippen LogP contribution in [0.2, 0.25) is 0 Å². The molecule has 196 valence electrons. The minimum absolute atomic E-state index is 0.708. The number of aryl methyl sites for hydroxylation is 1. The van der Waals surface area contributed by atoms with Gasteiger partial charge in [0.25, 0.3) is 0 Å². The predicted molar refractivity (Wildman–Crippen MR) is 174 cm³/mol. The molecule has 0 spiro atoms. The Kier molecular flexibility index (Phi) is 4.15. The van der Waals surface area contributed by atoms with Crippen molar-refractivity contribution in [3.05, 3.63) is 126 Å². The zero-order valence-electron chi connectivity index (χ0n) is 23.0. The second kappa shape index (κ2) is 7.83. The normalized spacial score (nSPS) is 12.8. The summed E-state index contributed by atoms with van der Waals surface area (Å²) >= 11 is 0. The van der Waals surface area contributed by atoms with Gasteiger partial charge in [-0.1, -0.05) is 97.1 Å². The lowest BCUT2D eigenvalue weighted by atomic mass is 9.88. The molecule has 3 heterocycles. The largest absolute Gasteiger partial charge is 0.342 e. The zero-order valence-corrected chi connectivity index (χ0v) is 23.0. The van der Waals surface area contributed by atoms with E-state index in [9.17, 15) is 0 Å². The predicted octanol–water partition coefficient (Wildman–Crippen LogP) is 9.10. The minimum atomic E-state index is 0.708. The van der Waals surface area contributed by atoms with Crippen LogP contribution in [0.3, 0.4) is 0 Å². The van der Waals surface area contributed by atoms with Crippen molar-refractivity contribution < 1.29 is 0 Å². The van der Waals surface area contributed by atoms with Crippen LogP contribution < -0.4 is 0 Å². The van der Waals surface area contributed by atoms with Gasteiger partial charge in [-0.15, -0.1) is 0 Å². The van der Waals surface area contributed by atoms with E-state index in [1.165, 1.54) is 65.4 Å². The Balaban J connectivity index is 1.48. The summed E-state index contributed by atoms with van der Waals surface area (Å²) in [6.45, 7) is 0. The highest BCUT2D eigenvalue weighted by Crippen LogP contribution is 2.46. The number of benzene rings is 6. The third-order valence-corrected chi connectivity index (χ3v) is 9.32. The Labute approximate surface area is 241 Å². The summed E-state index contributed by atoms with van der Waals surface area (Å²) in [5.41, 5.74) is 10.5. The fourth-order valence-electron chi connectivity index (χ4n) is 7.60. The van der Waals surface area contributed by atoms with Crippen molar-refractivity contribution in [1.29, 1.82) is 0 Å². The van der Waals surface area contributed by atoms with Gasteiger partial charge in [0.05, 0.1) is 27.8 Å². The number of para-hydroxylation sites is 2. The molecule has 0 radical (unpaired) electrons. The maximum absolute atomic E-state index is 5.43. The summed E-state index contributed by atoms with van der Waals surface area (Å²) in [6, 6.07) is 41.5. The lowest BCUT2D eigenvalue weighted by molar-refractivity contribution is 0.988.